The third-order valence-corrected chi connectivity index (χ3v) is 7.34. The summed E-state index contributed by atoms with van der Waals surface area (Å²) in [6, 6.07) is 11.7. The molecule has 0 aromatic heterocycles. The number of phenolic OH excluding ortho intramolecular Hbond substituents is 4. The van der Waals surface area contributed by atoms with E-state index in [4.69, 9.17) is 29.9 Å². The van der Waals surface area contributed by atoms with Crippen molar-refractivity contribution in [2.24, 2.45) is 0 Å². The number of ether oxygens (including phenoxy) is 2. The summed E-state index contributed by atoms with van der Waals surface area (Å²) >= 11 is 0. The van der Waals surface area contributed by atoms with E-state index in [0.717, 1.165) is 52.1 Å². The third kappa shape index (κ3) is 12.7. The van der Waals surface area contributed by atoms with E-state index in [1.807, 2.05) is 0 Å². The van der Waals surface area contributed by atoms with E-state index >= 15 is 0 Å². The maximum atomic E-state index is 11.6. The summed E-state index contributed by atoms with van der Waals surface area (Å²) in [7, 11) is 0. The SMILES string of the molecule is CCOc1c(NCCCN2CCN(CCCNc3c(OCC)c(=O)c3=O)CC2)c(=O)c1=O.O.O.Oc1cccc(O)c1.Oc1cccc(O)c1. The van der Waals surface area contributed by atoms with Gasteiger partial charge < -0.3 is 61.3 Å². The van der Waals surface area contributed by atoms with E-state index in [-0.39, 0.29) is 45.4 Å². The van der Waals surface area contributed by atoms with Gasteiger partial charge in [-0.15, -0.1) is 0 Å². The summed E-state index contributed by atoms with van der Waals surface area (Å²) in [5.74, 6) is 0.684. The van der Waals surface area contributed by atoms with Gasteiger partial charge in [0.25, 0.3) is 21.7 Å². The van der Waals surface area contributed by atoms with Crippen molar-refractivity contribution in [2.75, 3.05) is 76.2 Å². The van der Waals surface area contributed by atoms with Gasteiger partial charge in [0.1, 0.15) is 34.4 Å². The van der Waals surface area contributed by atoms with Crippen LogP contribution in [0.3, 0.4) is 0 Å². The molecule has 276 valence electrons. The summed E-state index contributed by atoms with van der Waals surface area (Å²) in [6.45, 7) is 11.3. The molecule has 0 radical (unpaired) electrons. The zero-order valence-electron chi connectivity index (χ0n) is 28.2. The summed E-state index contributed by atoms with van der Waals surface area (Å²) in [4.78, 5) is 50.9. The van der Waals surface area contributed by atoms with Crippen molar-refractivity contribution in [1.29, 1.82) is 0 Å². The highest BCUT2D eigenvalue weighted by Gasteiger charge is 2.23. The van der Waals surface area contributed by atoms with E-state index in [0.29, 0.717) is 37.7 Å². The number of hydrogen-bond acceptors (Lipinski definition) is 14. The van der Waals surface area contributed by atoms with Gasteiger partial charge in [-0.1, -0.05) is 12.1 Å². The summed E-state index contributed by atoms with van der Waals surface area (Å²) in [5, 5.41) is 40.7. The van der Waals surface area contributed by atoms with Crippen molar-refractivity contribution in [1.82, 2.24) is 9.80 Å². The monoisotopic (exact) mass is 704 g/mol. The first-order chi connectivity index (χ1) is 23.0. The van der Waals surface area contributed by atoms with Crippen molar-refractivity contribution in [3.8, 4) is 34.5 Å². The van der Waals surface area contributed by atoms with Crippen LogP contribution in [0.1, 0.15) is 26.7 Å². The average Bonchev–Trinajstić information content (AvgIpc) is 3.07. The van der Waals surface area contributed by atoms with Crippen LogP contribution in [-0.4, -0.2) is 107 Å². The van der Waals surface area contributed by atoms with E-state index in [1.54, 1.807) is 26.0 Å². The molecule has 1 heterocycles. The fourth-order valence-electron chi connectivity index (χ4n) is 4.88. The number of aromatic hydroxyl groups is 4. The second-order valence-corrected chi connectivity index (χ2v) is 10.9. The van der Waals surface area contributed by atoms with Crippen LogP contribution in [0.4, 0.5) is 11.4 Å². The molecule has 0 saturated carbocycles. The molecule has 0 spiro atoms. The second kappa shape index (κ2) is 21.7. The molecule has 0 atom stereocenters. The third-order valence-electron chi connectivity index (χ3n) is 7.34. The Labute approximate surface area is 288 Å². The van der Waals surface area contributed by atoms with Crippen molar-refractivity contribution >= 4 is 11.4 Å². The summed E-state index contributed by atoms with van der Waals surface area (Å²) in [6.07, 6.45) is 1.75. The first-order valence-corrected chi connectivity index (χ1v) is 15.9. The highest BCUT2D eigenvalue weighted by Crippen LogP contribution is 2.19. The molecular formula is C34H48N4O12. The summed E-state index contributed by atoms with van der Waals surface area (Å²) in [5.41, 5.74) is -1.44. The van der Waals surface area contributed by atoms with Gasteiger partial charge >= 0.3 is 0 Å². The number of hydrogen-bond donors (Lipinski definition) is 6. The molecule has 4 aromatic rings. The van der Waals surface area contributed by atoms with Crippen LogP contribution in [0, 0.1) is 0 Å². The largest absolute Gasteiger partial charge is 0.508 e. The first-order valence-electron chi connectivity index (χ1n) is 15.9. The number of phenols is 4. The highest BCUT2D eigenvalue weighted by molar-refractivity contribution is 5.62. The molecule has 50 heavy (non-hydrogen) atoms. The quantitative estimate of drug-likeness (QED) is 0.0754. The van der Waals surface area contributed by atoms with E-state index in [2.05, 4.69) is 20.4 Å². The zero-order chi connectivity index (χ0) is 35.1. The highest BCUT2D eigenvalue weighted by atomic mass is 16.5. The van der Waals surface area contributed by atoms with E-state index in [1.165, 1.54) is 36.4 Å². The Morgan fingerprint density at radius 2 is 0.900 bits per heavy atom. The minimum atomic E-state index is -0.542. The van der Waals surface area contributed by atoms with Gasteiger partial charge in [-0.25, -0.2) is 0 Å². The number of nitrogens with zero attached hydrogens (tertiary/aromatic N) is 2. The van der Waals surface area contributed by atoms with Crippen molar-refractivity contribution in [3.63, 3.8) is 0 Å². The van der Waals surface area contributed by atoms with Crippen LogP contribution < -0.4 is 41.8 Å². The Balaban J connectivity index is 0.000000567. The van der Waals surface area contributed by atoms with Crippen LogP contribution >= 0.6 is 0 Å². The van der Waals surface area contributed by atoms with Gasteiger partial charge in [-0.05, 0) is 64.0 Å². The van der Waals surface area contributed by atoms with Gasteiger partial charge in [0.15, 0.2) is 11.5 Å². The lowest BCUT2D eigenvalue weighted by atomic mass is 10.2. The van der Waals surface area contributed by atoms with Crippen LogP contribution in [0.15, 0.2) is 67.7 Å². The minimum absolute atomic E-state index is 0. The zero-order valence-corrected chi connectivity index (χ0v) is 28.2. The maximum Gasteiger partial charge on any atom is 0.272 e. The van der Waals surface area contributed by atoms with Crippen molar-refractivity contribution in [2.45, 2.75) is 26.7 Å². The van der Waals surface area contributed by atoms with Gasteiger partial charge in [0.05, 0.1) is 13.2 Å². The van der Waals surface area contributed by atoms with E-state index in [9.17, 15) is 19.2 Å². The topological polar surface area (TPSA) is 261 Å². The molecule has 10 N–H and O–H groups in total. The maximum absolute atomic E-state index is 11.6. The van der Waals surface area contributed by atoms with Crippen molar-refractivity contribution in [3.05, 3.63) is 89.4 Å². The molecule has 4 aromatic carbocycles. The van der Waals surface area contributed by atoms with Crippen molar-refractivity contribution < 1.29 is 40.9 Å². The molecule has 0 amide bonds. The van der Waals surface area contributed by atoms with Gasteiger partial charge in [0.2, 0.25) is 0 Å². The molecule has 0 bridgehead atoms. The Morgan fingerprint density at radius 1 is 0.580 bits per heavy atom. The van der Waals surface area contributed by atoms with Crippen LogP contribution in [0.25, 0.3) is 0 Å². The molecule has 16 nitrogen and oxygen atoms in total. The predicted molar refractivity (Wildman–Crippen MR) is 191 cm³/mol. The lowest BCUT2D eigenvalue weighted by Crippen LogP contribution is -2.47. The van der Waals surface area contributed by atoms with Gasteiger partial charge in [0, 0.05) is 51.4 Å². The smallest absolute Gasteiger partial charge is 0.272 e. The van der Waals surface area contributed by atoms with Gasteiger partial charge in [-0.3, -0.25) is 19.2 Å². The normalized spacial score (nSPS) is 12.7. The second-order valence-electron chi connectivity index (χ2n) is 10.9. The molecule has 0 aliphatic carbocycles. The summed E-state index contributed by atoms with van der Waals surface area (Å²) < 4.78 is 10.4. The Morgan fingerprint density at radius 3 is 1.16 bits per heavy atom. The number of anilines is 2. The first kappa shape index (κ1) is 42.9. The van der Waals surface area contributed by atoms with Crippen LogP contribution in [0.5, 0.6) is 34.5 Å². The Hall–Kier alpha value is -5.16. The molecule has 5 rings (SSSR count). The standard InChI is InChI=1S/C22H32N4O6.2C6H6O2.2H2O/c1-3-31-21-15(17(27)19(21)29)23-7-5-9-25-11-13-26(14-12-25)10-6-8-24-16-18(28)20(30)22(16)32-4-2;2*7-5-2-1-3-6(8)4-5;;/h23-24H,3-14H2,1-2H3;2*1-4,7-8H;2*1H2. The number of rotatable bonds is 14. The minimum Gasteiger partial charge on any atom is -0.508 e. The molecule has 1 fully saturated rings. The van der Waals surface area contributed by atoms with Crippen LogP contribution in [0.2, 0.25) is 0 Å². The number of piperazine rings is 1. The molecule has 1 aliphatic rings. The Kier molecular flexibility index (Phi) is 18.6. The molecular weight excluding hydrogens is 656 g/mol. The Bertz CT molecular complexity index is 1560. The fourth-order valence-corrected chi connectivity index (χ4v) is 4.88. The number of nitrogens with one attached hydrogen (secondary N) is 2. The lowest BCUT2D eigenvalue weighted by Gasteiger charge is -2.34. The number of benzene rings is 2. The molecule has 1 saturated heterocycles. The van der Waals surface area contributed by atoms with E-state index < -0.39 is 21.7 Å². The molecule has 16 heteroatoms. The average molecular weight is 705 g/mol. The van der Waals surface area contributed by atoms with Gasteiger partial charge in [-0.2, -0.15) is 0 Å². The molecule has 1 aliphatic heterocycles. The predicted octanol–water partition coefficient (Wildman–Crippen LogP) is 0.144. The lowest BCUT2D eigenvalue weighted by molar-refractivity contribution is 0.132. The fraction of sp³-hybridized carbons (Fsp3) is 0.412. The molecule has 0 unspecified atom stereocenters. The van der Waals surface area contributed by atoms with Crippen LogP contribution in [-0.2, 0) is 0 Å².